The zero-order valence-corrected chi connectivity index (χ0v) is 26.2. The van der Waals surface area contributed by atoms with Crippen molar-refractivity contribution in [2.45, 2.75) is 44.9 Å². The van der Waals surface area contributed by atoms with Gasteiger partial charge in [-0.25, -0.2) is 23.5 Å². The number of nitrogens with zero attached hydrogens (tertiary/aromatic N) is 4. The summed E-state index contributed by atoms with van der Waals surface area (Å²) in [6.07, 6.45) is 4.23. The number of nitrogens with one attached hydrogen (secondary N) is 2. The van der Waals surface area contributed by atoms with Crippen LogP contribution in [0.25, 0.3) is 16.9 Å². The van der Waals surface area contributed by atoms with E-state index >= 15 is 0 Å². The highest BCUT2D eigenvalue weighted by Crippen LogP contribution is 2.65. The number of hydrogen-bond acceptors (Lipinski definition) is 10. The molecule has 6 rings (SSSR count). The van der Waals surface area contributed by atoms with Gasteiger partial charge in [-0.15, -0.1) is 0 Å². The lowest BCUT2D eigenvalue weighted by atomic mass is 10.00. The van der Waals surface area contributed by atoms with Gasteiger partial charge >= 0.3 is 0 Å². The molecule has 3 atom stereocenters. The van der Waals surface area contributed by atoms with Gasteiger partial charge in [-0.1, -0.05) is 26.0 Å². The molecule has 10 nitrogen and oxygen atoms in total. The van der Waals surface area contributed by atoms with Gasteiger partial charge in [-0.3, -0.25) is 24.6 Å². The summed E-state index contributed by atoms with van der Waals surface area (Å²) in [4.78, 5) is 32.8. The van der Waals surface area contributed by atoms with Crippen LogP contribution in [0.2, 0.25) is 0 Å². The highest BCUT2D eigenvalue weighted by molar-refractivity contribution is 7.99. The second-order valence-electron chi connectivity index (χ2n) is 10.0. The second kappa shape index (κ2) is 16.1. The van der Waals surface area contributed by atoms with Crippen molar-refractivity contribution in [1.29, 1.82) is 0 Å². The smallest absolute Gasteiger partial charge is 0.280 e. The van der Waals surface area contributed by atoms with Gasteiger partial charge in [0.05, 0.1) is 18.9 Å². The Bertz CT molecular complexity index is 1510. The Kier molecular flexibility index (Phi) is 13.5. The lowest BCUT2D eigenvalue weighted by Gasteiger charge is -2.22. The van der Waals surface area contributed by atoms with Gasteiger partial charge in [0, 0.05) is 49.4 Å². The molecule has 3 aliphatic rings. The highest BCUT2D eigenvalue weighted by Gasteiger charge is 2.66. The first-order valence-electron chi connectivity index (χ1n) is 13.3. The highest BCUT2D eigenvalue weighted by atomic mass is 32.2. The number of carbonyl (C=O) groups excluding carboxylic acids is 1. The van der Waals surface area contributed by atoms with Crippen LogP contribution < -0.4 is 27.3 Å². The molecule has 1 amide bonds. The van der Waals surface area contributed by atoms with E-state index in [1.54, 1.807) is 19.2 Å². The number of amides is 1. The Morgan fingerprint density at radius 2 is 1.93 bits per heavy atom. The van der Waals surface area contributed by atoms with Crippen molar-refractivity contribution in [1.82, 2.24) is 35.8 Å². The van der Waals surface area contributed by atoms with Crippen molar-refractivity contribution in [2.75, 3.05) is 21.2 Å². The van der Waals surface area contributed by atoms with Gasteiger partial charge in [-0.2, -0.15) is 12.6 Å². The van der Waals surface area contributed by atoms with Crippen LogP contribution in [-0.2, 0) is 0 Å². The Balaban J connectivity index is 0.000000559. The molecule has 14 heteroatoms. The maximum absolute atomic E-state index is 13.3. The normalized spacial score (nSPS) is 19.2. The predicted molar refractivity (Wildman–Crippen MR) is 178 cm³/mol. The van der Waals surface area contributed by atoms with E-state index in [9.17, 15) is 18.4 Å². The first-order chi connectivity index (χ1) is 20.1. The summed E-state index contributed by atoms with van der Waals surface area (Å²) in [5.41, 5.74) is 5.48. The first-order valence-corrected chi connectivity index (χ1v) is 14.6. The average Bonchev–Trinajstić information content (AvgIpc) is 3.88. The predicted octanol–water partition coefficient (Wildman–Crippen LogP) is 5.87. The molecule has 1 saturated heterocycles. The van der Waals surface area contributed by atoms with Crippen LogP contribution >= 0.6 is 24.6 Å². The van der Waals surface area contributed by atoms with E-state index in [4.69, 9.17) is 4.74 Å². The van der Waals surface area contributed by atoms with E-state index in [2.05, 4.69) is 63.3 Å². The molecule has 4 heterocycles. The number of rotatable bonds is 7. The van der Waals surface area contributed by atoms with Gasteiger partial charge in [-0.05, 0) is 67.8 Å². The number of halogens is 2. The molecule has 242 valence electrons. The van der Waals surface area contributed by atoms with Gasteiger partial charge in [0.1, 0.15) is 17.3 Å². The number of methoxy groups -OCH3 is 1. The van der Waals surface area contributed by atoms with E-state index in [1.807, 2.05) is 0 Å². The molecule has 0 spiro atoms. The third kappa shape index (κ3) is 8.24. The molecule has 5 N–H and O–H groups in total. The number of alkyl halides is 2. The summed E-state index contributed by atoms with van der Waals surface area (Å²) >= 11 is 5.62. The largest absolute Gasteiger partial charge is 0.494 e. The molecule has 3 aromatic heterocycles. The third-order valence-electron chi connectivity index (χ3n) is 7.16. The summed E-state index contributed by atoms with van der Waals surface area (Å²) in [5, 5.41) is 2.52. The molecular weight excluding hydrogens is 609 g/mol. The van der Waals surface area contributed by atoms with Gasteiger partial charge in [0.2, 0.25) is 0 Å². The maximum Gasteiger partial charge on any atom is 0.280 e. The monoisotopic (exact) mass is 651 g/mol. The lowest BCUT2D eigenvalue weighted by molar-refractivity contribution is 0.0938. The average molecular weight is 652 g/mol. The number of aromatic nitrogens is 3. The Morgan fingerprint density at radius 3 is 2.43 bits per heavy atom. The molecule has 0 bridgehead atoms. The number of hydrazine groups is 1. The molecule has 0 aromatic carbocycles. The van der Waals surface area contributed by atoms with E-state index < -0.39 is 18.0 Å². The van der Waals surface area contributed by atoms with Crippen molar-refractivity contribution in [2.24, 2.45) is 11.8 Å². The lowest BCUT2D eigenvalue weighted by Crippen LogP contribution is -2.34. The van der Waals surface area contributed by atoms with Crippen LogP contribution in [0, 0.1) is 18.8 Å². The van der Waals surface area contributed by atoms with Crippen LogP contribution in [0.1, 0.15) is 49.7 Å². The minimum absolute atomic E-state index is 0. The molecule has 44 heavy (non-hydrogen) atoms. The maximum atomic E-state index is 13.3. The summed E-state index contributed by atoms with van der Waals surface area (Å²) in [6.45, 7) is 5.01. The Morgan fingerprint density at radius 1 is 1.25 bits per heavy atom. The number of pyridine rings is 3. The minimum Gasteiger partial charge on any atom is -0.494 e. The van der Waals surface area contributed by atoms with Crippen LogP contribution in [-0.4, -0.2) is 57.2 Å². The first kappa shape index (κ1) is 36.9. The molecule has 2 saturated carbocycles. The van der Waals surface area contributed by atoms with Crippen LogP contribution in [0.4, 0.5) is 8.78 Å². The third-order valence-corrected chi connectivity index (χ3v) is 8.57. The summed E-state index contributed by atoms with van der Waals surface area (Å²) in [5.74, 6) is 2.14. The van der Waals surface area contributed by atoms with Crippen LogP contribution in [0.15, 0.2) is 59.6 Å². The molecule has 3 fully saturated rings. The van der Waals surface area contributed by atoms with Gasteiger partial charge in [0.15, 0.2) is 0 Å². The molecule has 1 aliphatic heterocycles. The minimum atomic E-state index is -2.81. The number of carbonyl (C=O) groups is 1. The van der Waals surface area contributed by atoms with E-state index in [1.165, 1.54) is 55.3 Å². The standard InChI is InChI=1S/C20H19F2N5O3.C7H11NS.C2H4S.CH4.H3N.H2/c1-11-4-5-27(18(28)6-11)17-8-12(14(9-25-17)20(29)26-23-2)13-7-15(19(21)22)24-10-16(13)30-3;1-8-6-5(4-2-3-4)7(6)9-8;1-2-3;;;/h4-10,19,23H,1-3H3,(H,26,29);4-7H,2-3H2,1H3;2-3H,1H2;1H4;1H3;1H. The quantitative estimate of drug-likeness (QED) is 0.140. The fourth-order valence-electron chi connectivity index (χ4n) is 4.98. The summed E-state index contributed by atoms with van der Waals surface area (Å²) in [6, 6.07) is 6.80. The Hall–Kier alpha value is -3.30. The Labute approximate surface area is 268 Å². The second-order valence-corrected chi connectivity index (χ2v) is 11.7. The van der Waals surface area contributed by atoms with Crippen molar-refractivity contribution in [3.8, 4) is 22.7 Å². The number of hydrogen-bond donors (Lipinski definition) is 4. The van der Waals surface area contributed by atoms with E-state index in [0.29, 0.717) is 0 Å². The van der Waals surface area contributed by atoms with Crippen LogP contribution in [0.5, 0.6) is 5.75 Å². The number of thiol groups is 1. The SMILES string of the molecule is C.C=CS.CN1SC2C(C3CC3)C21.CNNC(=O)c1cnc(-n2ccc(C)cc2=O)cc1-c1cc(C(F)F)ncc1OC.N.[HH]. The van der Waals surface area contributed by atoms with Crippen molar-refractivity contribution in [3.63, 3.8) is 0 Å². The van der Waals surface area contributed by atoms with Crippen LogP contribution in [0.3, 0.4) is 0 Å². The molecule has 3 aromatic rings. The van der Waals surface area contributed by atoms with E-state index in [-0.39, 0.29) is 48.8 Å². The van der Waals surface area contributed by atoms with Gasteiger partial charge < -0.3 is 10.9 Å². The van der Waals surface area contributed by atoms with Crippen molar-refractivity contribution >= 4 is 30.5 Å². The van der Waals surface area contributed by atoms with E-state index in [0.717, 1.165) is 41.0 Å². The molecule has 0 radical (unpaired) electrons. The number of aryl methyl sites for hydroxylation is 1. The summed E-state index contributed by atoms with van der Waals surface area (Å²) < 4.78 is 35.5. The zero-order chi connectivity index (χ0) is 30.6. The molecule has 3 unspecified atom stereocenters. The molecule has 2 aliphatic carbocycles. The number of ether oxygens (including phenoxy) is 1. The van der Waals surface area contributed by atoms with Crippen molar-refractivity contribution < 1.29 is 19.7 Å². The fourth-order valence-corrected chi connectivity index (χ4v) is 6.50. The molecular formula is C30H43F2N7O3S2. The number of fused-ring (bicyclic) bond motifs is 1. The summed E-state index contributed by atoms with van der Waals surface area (Å²) in [7, 11) is 5.10. The zero-order valence-electron chi connectivity index (χ0n) is 24.5. The van der Waals surface area contributed by atoms with Crippen molar-refractivity contribution in [3.05, 3.63) is 82.0 Å². The fraction of sp³-hybridized carbons (Fsp3) is 0.400. The topological polar surface area (TPSA) is 136 Å². The van der Waals surface area contributed by atoms with Gasteiger partial charge in [0.25, 0.3) is 17.9 Å².